The summed E-state index contributed by atoms with van der Waals surface area (Å²) < 4.78 is 7.12. The number of hydrogen-bond donors (Lipinski definition) is 1. The van der Waals surface area contributed by atoms with Crippen LogP contribution in [-0.4, -0.2) is 26.5 Å². The lowest BCUT2D eigenvalue weighted by atomic mass is 10.1. The highest BCUT2D eigenvalue weighted by Crippen LogP contribution is 2.41. The highest BCUT2D eigenvalue weighted by atomic mass is 35.5. The lowest BCUT2D eigenvalue weighted by molar-refractivity contribution is -0.152. The molecule has 2 rings (SSSR count). The lowest BCUT2D eigenvalue weighted by Crippen LogP contribution is -2.37. The van der Waals surface area contributed by atoms with Crippen LogP contribution in [0.3, 0.4) is 0 Å². The molecule has 0 unspecified atom stereocenters. The molecule has 132 valence electrons. The molecule has 0 saturated heterocycles. The summed E-state index contributed by atoms with van der Waals surface area (Å²) in [6, 6.07) is 5.16. The molecule has 2 aromatic rings. The van der Waals surface area contributed by atoms with Crippen LogP contribution in [0.25, 0.3) is 0 Å². The molecule has 25 heavy (non-hydrogen) atoms. The van der Waals surface area contributed by atoms with Crippen molar-refractivity contribution < 1.29 is 14.6 Å². The van der Waals surface area contributed by atoms with E-state index >= 15 is 0 Å². The normalized spacial score (nSPS) is 11.2. The number of carbonyl (C=O) groups is 1. The van der Waals surface area contributed by atoms with Crippen molar-refractivity contribution in [1.29, 1.82) is 5.26 Å². The Hall–Kier alpha value is -1.88. The average molecular weight is 400 g/mol. The van der Waals surface area contributed by atoms with Gasteiger partial charge in [0.1, 0.15) is 22.4 Å². The van der Waals surface area contributed by atoms with Gasteiger partial charge in [-0.3, -0.25) is 4.68 Å². The fourth-order valence-electron chi connectivity index (χ4n) is 1.97. The van der Waals surface area contributed by atoms with Crippen LogP contribution < -0.4 is 4.74 Å². The predicted octanol–water partition coefficient (Wildman–Crippen LogP) is 4.30. The first kappa shape index (κ1) is 19.4. The largest absolute Gasteiger partial charge is 0.478 e. The molecule has 0 aliphatic carbocycles. The van der Waals surface area contributed by atoms with Crippen LogP contribution in [0.4, 0.5) is 0 Å². The minimum atomic E-state index is -1.46. The van der Waals surface area contributed by atoms with E-state index in [0.717, 1.165) is 0 Å². The molecular formula is C16H15Cl2N3O3S. The Morgan fingerprint density at radius 3 is 2.60 bits per heavy atom. The smallest absolute Gasteiger partial charge is 0.347 e. The van der Waals surface area contributed by atoms with Crippen molar-refractivity contribution in [2.45, 2.75) is 36.3 Å². The van der Waals surface area contributed by atoms with Crippen LogP contribution in [0.15, 0.2) is 22.1 Å². The Balaban J connectivity index is 2.45. The Labute approximate surface area is 159 Å². The topological polar surface area (TPSA) is 88.1 Å². The van der Waals surface area contributed by atoms with Crippen LogP contribution in [0.2, 0.25) is 10.0 Å². The Kier molecular flexibility index (Phi) is 5.57. The third-order valence-electron chi connectivity index (χ3n) is 3.35. The number of ether oxygens (including phenoxy) is 1. The second-order valence-electron chi connectivity index (χ2n) is 5.73. The van der Waals surface area contributed by atoms with Gasteiger partial charge < -0.3 is 9.84 Å². The summed E-state index contributed by atoms with van der Waals surface area (Å²) in [5.74, 6) is -0.930. The van der Waals surface area contributed by atoms with Crippen molar-refractivity contribution in [3.05, 3.63) is 33.4 Å². The van der Waals surface area contributed by atoms with Gasteiger partial charge in [-0.15, -0.1) is 0 Å². The first-order valence-electron chi connectivity index (χ1n) is 7.09. The number of halogens is 2. The van der Waals surface area contributed by atoms with E-state index in [9.17, 15) is 15.2 Å². The van der Waals surface area contributed by atoms with E-state index in [-0.39, 0.29) is 10.8 Å². The molecule has 0 saturated carbocycles. The molecule has 6 nitrogen and oxygen atoms in total. The fourth-order valence-corrected chi connectivity index (χ4v) is 3.51. The van der Waals surface area contributed by atoms with Crippen molar-refractivity contribution in [3.8, 4) is 11.8 Å². The summed E-state index contributed by atoms with van der Waals surface area (Å²) in [5.41, 5.74) is -0.395. The van der Waals surface area contributed by atoms with Crippen molar-refractivity contribution in [2.24, 2.45) is 7.05 Å². The number of nitrogens with zero attached hydrogens (tertiary/aromatic N) is 3. The molecule has 1 aromatic carbocycles. The molecule has 0 fully saturated rings. The van der Waals surface area contributed by atoms with Crippen LogP contribution in [-0.2, 0) is 11.8 Å². The van der Waals surface area contributed by atoms with Gasteiger partial charge in [-0.1, -0.05) is 35.0 Å². The quantitative estimate of drug-likeness (QED) is 0.805. The zero-order valence-corrected chi connectivity index (χ0v) is 16.3. The molecule has 0 bridgehead atoms. The first-order chi connectivity index (χ1) is 11.6. The van der Waals surface area contributed by atoms with Gasteiger partial charge in [0.2, 0.25) is 0 Å². The van der Waals surface area contributed by atoms with Gasteiger partial charge in [0, 0.05) is 11.9 Å². The second kappa shape index (κ2) is 7.16. The van der Waals surface area contributed by atoms with Gasteiger partial charge in [0.05, 0.1) is 15.7 Å². The van der Waals surface area contributed by atoms with Crippen LogP contribution in [0.5, 0.6) is 5.75 Å². The van der Waals surface area contributed by atoms with Gasteiger partial charge in [-0.25, -0.2) is 4.79 Å². The highest BCUT2D eigenvalue weighted by Gasteiger charge is 2.30. The summed E-state index contributed by atoms with van der Waals surface area (Å²) in [7, 11) is 1.73. The van der Waals surface area contributed by atoms with Gasteiger partial charge in [0.15, 0.2) is 5.60 Å². The minimum absolute atomic E-state index is 0.193. The van der Waals surface area contributed by atoms with Gasteiger partial charge in [-0.2, -0.15) is 10.4 Å². The molecule has 0 spiro atoms. The lowest BCUT2D eigenvalue weighted by Gasteiger charge is -2.22. The summed E-state index contributed by atoms with van der Waals surface area (Å²) >= 11 is 13.6. The number of aliphatic carboxylic acids is 1. The van der Waals surface area contributed by atoms with Crippen LogP contribution in [0, 0.1) is 18.3 Å². The van der Waals surface area contributed by atoms with E-state index in [2.05, 4.69) is 11.2 Å². The average Bonchev–Trinajstić information content (AvgIpc) is 2.77. The zero-order chi connectivity index (χ0) is 18.9. The van der Waals surface area contributed by atoms with E-state index in [1.165, 1.54) is 31.7 Å². The van der Waals surface area contributed by atoms with Crippen molar-refractivity contribution in [3.63, 3.8) is 0 Å². The minimum Gasteiger partial charge on any atom is -0.478 e. The standard InChI is InChI=1S/C16H15Cl2N3O3S/c1-8-9(7-19)14(21(4)20-8)25-13-6-12(10(17)5-11(13)18)24-16(2,3)15(22)23/h5-6H,1-4H3,(H,22,23). The maximum atomic E-state index is 11.3. The number of carboxylic acids is 1. The van der Waals surface area contributed by atoms with Crippen LogP contribution in [0.1, 0.15) is 25.1 Å². The van der Waals surface area contributed by atoms with Gasteiger partial charge in [-0.05, 0) is 32.9 Å². The molecule has 0 aliphatic heterocycles. The van der Waals surface area contributed by atoms with Gasteiger partial charge >= 0.3 is 5.97 Å². The van der Waals surface area contributed by atoms with E-state index in [4.69, 9.17) is 27.9 Å². The Morgan fingerprint density at radius 2 is 2.04 bits per heavy atom. The number of hydrogen-bond acceptors (Lipinski definition) is 5. The van der Waals surface area contributed by atoms with E-state index in [1.807, 2.05) is 0 Å². The number of benzene rings is 1. The molecule has 1 aromatic heterocycles. The Morgan fingerprint density at radius 1 is 1.40 bits per heavy atom. The number of aromatic nitrogens is 2. The van der Waals surface area contributed by atoms with E-state index in [1.54, 1.807) is 24.7 Å². The Bertz CT molecular complexity index is 888. The monoisotopic (exact) mass is 399 g/mol. The maximum Gasteiger partial charge on any atom is 0.347 e. The highest BCUT2D eigenvalue weighted by molar-refractivity contribution is 7.99. The SMILES string of the molecule is Cc1nn(C)c(Sc2cc(OC(C)(C)C(=O)O)c(Cl)cc2Cl)c1C#N. The molecule has 0 atom stereocenters. The summed E-state index contributed by atoms with van der Waals surface area (Å²) in [6.07, 6.45) is 0. The molecule has 9 heteroatoms. The number of aryl methyl sites for hydroxylation is 2. The van der Waals surface area contributed by atoms with Crippen molar-refractivity contribution >= 4 is 40.9 Å². The second-order valence-corrected chi connectivity index (χ2v) is 7.58. The fraction of sp³-hybridized carbons (Fsp3) is 0.312. The number of rotatable bonds is 5. The predicted molar refractivity (Wildman–Crippen MR) is 95.6 cm³/mol. The number of nitriles is 1. The van der Waals surface area contributed by atoms with E-state index in [0.29, 0.717) is 26.2 Å². The molecule has 0 amide bonds. The number of carboxylic acid groups (broad SMARTS) is 1. The van der Waals surface area contributed by atoms with Crippen molar-refractivity contribution in [2.75, 3.05) is 0 Å². The zero-order valence-electron chi connectivity index (χ0n) is 13.9. The third-order valence-corrected chi connectivity index (χ3v) is 5.29. The maximum absolute atomic E-state index is 11.3. The molecule has 1 N–H and O–H groups in total. The first-order valence-corrected chi connectivity index (χ1v) is 8.67. The molecular weight excluding hydrogens is 385 g/mol. The third kappa shape index (κ3) is 4.03. The summed E-state index contributed by atoms with van der Waals surface area (Å²) in [4.78, 5) is 11.8. The van der Waals surface area contributed by atoms with Crippen LogP contribution >= 0.6 is 35.0 Å². The van der Waals surface area contributed by atoms with E-state index < -0.39 is 11.6 Å². The molecule has 0 aliphatic rings. The van der Waals surface area contributed by atoms with Crippen molar-refractivity contribution in [1.82, 2.24) is 9.78 Å². The molecule has 1 heterocycles. The summed E-state index contributed by atoms with van der Waals surface area (Å²) in [6.45, 7) is 4.59. The molecule has 0 radical (unpaired) electrons. The summed E-state index contributed by atoms with van der Waals surface area (Å²) in [5, 5.41) is 23.9. The van der Waals surface area contributed by atoms with Gasteiger partial charge in [0.25, 0.3) is 0 Å².